The van der Waals surface area contributed by atoms with Crippen molar-refractivity contribution in [1.29, 1.82) is 0 Å². The molecule has 0 radical (unpaired) electrons. The second-order valence-electron chi connectivity index (χ2n) is 3.99. The average Bonchev–Trinajstić information content (AvgIpc) is 2.34. The number of hydrogen-bond acceptors (Lipinski definition) is 5. The van der Waals surface area contributed by atoms with E-state index < -0.39 is 0 Å². The van der Waals surface area contributed by atoms with Crippen LogP contribution >= 0.6 is 0 Å². The van der Waals surface area contributed by atoms with Gasteiger partial charge in [0.25, 0.3) is 0 Å². The quantitative estimate of drug-likeness (QED) is 0.612. The summed E-state index contributed by atoms with van der Waals surface area (Å²) in [7, 11) is 1.64. The van der Waals surface area contributed by atoms with Crippen LogP contribution in [-0.2, 0) is 4.74 Å². The highest BCUT2D eigenvalue weighted by Gasteiger charge is 2.09. The van der Waals surface area contributed by atoms with Gasteiger partial charge in [-0.2, -0.15) is 0 Å². The minimum absolute atomic E-state index is 0.0677. The van der Waals surface area contributed by atoms with Crippen molar-refractivity contribution in [3.63, 3.8) is 0 Å². The molecule has 0 aliphatic rings. The number of ether oxygens (including phenoxy) is 2. The SMILES string of the molecule is CCOc1cc(NC(CCO)COC)ccc1N. The van der Waals surface area contributed by atoms with Crippen LogP contribution in [0, 0.1) is 0 Å². The monoisotopic (exact) mass is 254 g/mol. The second-order valence-corrected chi connectivity index (χ2v) is 3.99. The Bertz CT molecular complexity index is 352. The topological polar surface area (TPSA) is 76.7 Å². The number of nitrogen functional groups attached to an aromatic ring is 1. The summed E-state index contributed by atoms with van der Waals surface area (Å²) in [5.41, 5.74) is 7.33. The van der Waals surface area contributed by atoms with E-state index in [1.165, 1.54) is 0 Å². The molecule has 5 nitrogen and oxygen atoms in total. The Balaban J connectivity index is 2.72. The van der Waals surface area contributed by atoms with Crippen LogP contribution in [0.5, 0.6) is 5.75 Å². The van der Waals surface area contributed by atoms with E-state index in [2.05, 4.69) is 5.32 Å². The third-order valence-electron chi connectivity index (χ3n) is 2.53. The van der Waals surface area contributed by atoms with Gasteiger partial charge in [-0.25, -0.2) is 0 Å². The Morgan fingerprint density at radius 1 is 1.44 bits per heavy atom. The van der Waals surface area contributed by atoms with Crippen molar-refractivity contribution in [2.75, 3.05) is 38.0 Å². The van der Waals surface area contributed by atoms with Crippen LogP contribution in [0.25, 0.3) is 0 Å². The summed E-state index contributed by atoms with van der Waals surface area (Å²) in [5.74, 6) is 0.669. The molecule has 1 unspecified atom stereocenters. The zero-order valence-electron chi connectivity index (χ0n) is 11.0. The minimum Gasteiger partial charge on any atom is -0.492 e. The van der Waals surface area contributed by atoms with E-state index in [9.17, 15) is 0 Å². The highest BCUT2D eigenvalue weighted by molar-refractivity contribution is 5.61. The van der Waals surface area contributed by atoms with Gasteiger partial charge in [-0.1, -0.05) is 0 Å². The van der Waals surface area contributed by atoms with Gasteiger partial charge in [-0.3, -0.25) is 0 Å². The van der Waals surface area contributed by atoms with Crippen molar-refractivity contribution in [3.8, 4) is 5.75 Å². The molecule has 0 aromatic heterocycles. The largest absolute Gasteiger partial charge is 0.492 e. The molecule has 0 saturated carbocycles. The molecule has 0 spiro atoms. The van der Waals surface area contributed by atoms with Crippen LogP contribution in [0.4, 0.5) is 11.4 Å². The zero-order valence-corrected chi connectivity index (χ0v) is 11.0. The summed E-state index contributed by atoms with van der Waals surface area (Å²) in [4.78, 5) is 0. The number of benzene rings is 1. The lowest BCUT2D eigenvalue weighted by atomic mass is 10.2. The lowest BCUT2D eigenvalue weighted by molar-refractivity contribution is 0.170. The molecule has 0 aliphatic heterocycles. The second kappa shape index (κ2) is 7.79. The third-order valence-corrected chi connectivity index (χ3v) is 2.53. The van der Waals surface area contributed by atoms with E-state index in [-0.39, 0.29) is 12.6 Å². The van der Waals surface area contributed by atoms with Crippen LogP contribution in [0.15, 0.2) is 18.2 Å². The van der Waals surface area contributed by atoms with Crippen LogP contribution in [0.2, 0.25) is 0 Å². The molecule has 1 aromatic rings. The molecule has 1 aromatic carbocycles. The molecule has 0 heterocycles. The fourth-order valence-electron chi connectivity index (χ4n) is 1.69. The smallest absolute Gasteiger partial charge is 0.144 e. The molecule has 18 heavy (non-hydrogen) atoms. The summed E-state index contributed by atoms with van der Waals surface area (Å²) < 4.78 is 10.5. The fourth-order valence-corrected chi connectivity index (χ4v) is 1.69. The van der Waals surface area contributed by atoms with E-state index in [1.807, 2.05) is 19.1 Å². The normalized spacial score (nSPS) is 12.2. The molecule has 0 bridgehead atoms. The molecule has 1 rings (SSSR count). The molecular weight excluding hydrogens is 232 g/mol. The van der Waals surface area contributed by atoms with Gasteiger partial charge < -0.3 is 25.6 Å². The summed E-state index contributed by atoms with van der Waals surface area (Å²) in [5, 5.41) is 12.3. The van der Waals surface area contributed by atoms with Gasteiger partial charge in [0, 0.05) is 25.5 Å². The molecule has 5 heteroatoms. The Morgan fingerprint density at radius 3 is 2.83 bits per heavy atom. The molecule has 4 N–H and O–H groups in total. The summed E-state index contributed by atoms with van der Waals surface area (Å²) in [6.45, 7) is 3.15. The number of nitrogens with one attached hydrogen (secondary N) is 1. The van der Waals surface area contributed by atoms with Gasteiger partial charge in [0.15, 0.2) is 0 Å². The molecule has 102 valence electrons. The Kier molecular flexibility index (Phi) is 6.32. The van der Waals surface area contributed by atoms with Gasteiger partial charge in [-0.15, -0.1) is 0 Å². The van der Waals surface area contributed by atoms with Crippen molar-refractivity contribution in [3.05, 3.63) is 18.2 Å². The number of hydrogen-bond donors (Lipinski definition) is 3. The van der Waals surface area contributed by atoms with Gasteiger partial charge in [0.2, 0.25) is 0 Å². The molecule has 0 amide bonds. The van der Waals surface area contributed by atoms with Crippen molar-refractivity contribution in [2.45, 2.75) is 19.4 Å². The first-order valence-electron chi connectivity index (χ1n) is 6.09. The maximum Gasteiger partial charge on any atom is 0.144 e. The first kappa shape index (κ1) is 14.6. The van der Waals surface area contributed by atoms with Crippen LogP contribution < -0.4 is 15.8 Å². The zero-order chi connectivity index (χ0) is 13.4. The van der Waals surface area contributed by atoms with E-state index >= 15 is 0 Å². The summed E-state index contributed by atoms with van der Waals surface area (Å²) in [6, 6.07) is 5.62. The van der Waals surface area contributed by atoms with Gasteiger partial charge in [0.05, 0.1) is 24.9 Å². The van der Waals surface area contributed by atoms with Gasteiger partial charge >= 0.3 is 0 Å². The Labute approximate surface area is 108 Å². The number of nitrogens with two attached hydrogens (primary N) is 1. The lowest BCUT2D eigenvalue weighted by Gasteiger charge is -2.19. The van der Waals surface area contributed by atoms with E-state index in [0.29, 0.717) is 31.1 Å². The van der Waals surface area contributed by atoms with Crippen molar-refractivity contribution in [1.82, 2.24) is 0 Å². The van der Waals surface area contributed by atoms with Crippen LogP contribution in [0.3, 0.4) is 0 Å². The highest BCUT2D eigenvalue weighted by atomic mass is 16.5. The third kappa shape index (κ3) is 4.43. The Morgan fingerprint density at radius 2 is 2.22 bits per heavy atom. The predicted octanol–water partition coefficient (Wildman–Crippen LogP) is 1.48. The van der Waals surface area contributed by atoms with Crippen molar-refractivity contribution < 1.29 is 14.6 Å². The fraction of sp³-hybridized carbons (Fsp3) is 0.538. The number of anilines is 2. The van der Waals surface area contributed by atoms with E-state index in [0.717, 1.165) is 5.69 Å². The Hall–Kier alpha value is -1.46. The van der Waals surface area contributed by atoms with Crippen molar-refractivity contribution in [2.24, 2.45) is 0 Å². The molecule has 0 fully saturated rings. The standard InChI is InChI=1S/C13H22N2O3/c1-3-18-13-8-10(4-5-12(13)14)15-11(6-7-16)9-17-2/h4-5,8,11,15-16H,3,6-7,9,14H2,1-2H3. The van der Waals surface area contributed by atoms with Gasteiger partial charge in [0.1, 0.15) is 5.75 Å². The first-order valence-corrected chi connectivity index (χ1v) is 6.09. The molecular formula is C13H22N2O3. The number of rotatable bonds is 8. The van der Waals surface area contributed by atoms with Crippen LogP contribution in [0.1, 0.15) is 13.3 Å². The number of aliphatic hydroxyl groups excluding tert-OH is 1. The number of aliphatic hydroxyl groups is 1. The molecule has 0 saturated heterocycles. The predicted molar refractivity (Wildman–Crippen MR) is 73.0 cm³/mol. The molecule has 1 atom stereocenters. The minimum atomic E-state index is 0.0677. The van der Waals surface area contributed by atoms with E-state index in [1.54, 1.807) is 13.2 Å². The van der Waals surface area contributed by atoms with E-state index in [4.69, 9.17) is 20.3 Å². The number of methoxy groups -OCH3 is 1. The maximum atomic E-state index is 8.98. The molecule has 0 aliphatic carbocycles. The summed E-state index contributed by atoms with van der Waals surface area (Å²) >= 11 is 0. The highest BCUT2D eigenvalue weighted by Crippen LogP contribution is 2.26. The lowest BCUT2D eigenvalue weighted by Crippen LogP contribution is -2.26. The van der Waals surface area contributed by atoms with Gasteiger partial charge in [-0.05, 0) is 25.5 Å². The average molecular weight is 254 g/mol. The first-order chi connectivity index (χ1) is 8.71. The van der Waals surface area contributed by atoms with Crippen LogP contribution in [-0.4, -0.2) is 38.1 Å². The maximum absolute atomic E-state index is 8.98. The van der Waals surface area contributed by atoms with Crippen molar-refractivity contribution >= 4 is 11.4 Å². The summed E-state index contributed by atoms with van der Waals surface area (Å²) in [6.07, 6.45) is 0.627.